The zero-order chi connectivity index (χ0) is 28.3. The average molecular weight is 564 g/mol. The van der Waals surface area contributed by atoms with Crippen molar-refractivity contribution in [1.29, 1.82) is 0 Å². The number of piperidine rings is 2. The van der Waals surface area contributed by atoms with Gasteiger partial charge in [0.05, 0.1) is 12.0 Å². The maximum absolute atomic E-state index is 13.3. The number of amides is 1. The maximum Gasteiger partial charge on any atom is 0.243 e. The number of hydrogen-bond acceptors (Lipinski definition) is 7. The van der Waals surface area contributed by atoms with E-state index in [-0.39, 0.29) is 18.9 Å². The van der Waals surface area contributed by atoms with E-state index in [1.807, 2.05) is 4.90 Å². The van der Waals surface area contributed by atoms with Gasteiger partial charge >= 0.3 is 0 Å². The molecule has 10 heteroatoms. The normalized spacial score (nSPS) is 22.8. The number of carbonyl (C=O) groups is 1. The zero-order valence-corrected chi connectivity index (χ0v) is 25.7. The van der Waals surface area contributed by atoms with Gasteiger partial charge in [0.2, 0.25) is 15.9 Å². The molecule has 0 N–H and O–H groups in total. The van der Waals surface area contributed by atoms with Crippen LogP contribution in [0.25, 0.3) is 0 Å². The van der Waals surface area contributed by atoms with E-state index in [2.05, 4.69) is 28.8 Å². The van der Waals surface area contributed by atoms with Gasteiger partial charge in [-0.05, 0) is 109 Å². The van der Waals surface area contributed by atoms with E-state index in [4.69, 9.17) is 4.74 Å². The predicted molar refractivity (Wildman–Crippen MR) is 155 cm³/mol. The van der Waals surface area contributed by atoms with Crippen molar-refractivity contribution in [3.05, 3.63) is 23.3 Å². The summed E-state index contributed by atoms with van der Waals surface area (Å²) in [6.07, 6.45) is 6.16. The van der Waals surface area contributed by atoms with Crippen molar-refractivity contribution in [3.63, 3.8) is 0 Å². The Balaban J connectivity index is 1.23. The Kier molecular flexibility index (Phi) is 9.96. The summed E-state index contributed by atoms with van der Waals surface area (Å²) < 4.78 is 33.2. The molecule has 1 aromatic carbocycles. The fraction of sp³-hybridized carbons (Fsp3) is 0.759. The molecule has 3 aliphatic rings. The van der Waals surface area contributed by atoms with Crippen molar-refractivity contribution in [2.45, 2.75) is 75.4 Å². The molecule has 0 spiro atoms. The smallest absolute Gasteiger partial charge is 0.243 e. The minimum absolute atomic E-state index is 0.0429. The third-order valence-corrected chi connectivity index (χ3v) is 11.4. The Bertz CT molecular complexity index is 1070. The number of benzene rings is 1. The van der Waals surface area contributed by atoms with Crippen LogP contribution in [-0.4, -0.2) is 130 Å². The second-order valence-corrected chi connectivity index (χ2v) is 13.9. The molecule has 1 aromatic rings. The first-order valence-electron chi connectivity index (χ1n) is 14.5. The largest absolute Gasteiger partial charge is 0.497 e. The molecule has 9 nitrogen and oxygen atoms in total. The van der Waals surface area contributed by atoms with Crippen molar-refractivity contribution in [2.75, 3.05) is 74.1 Å². The molecule has 1 atom stereocenters. The van der Waals surface area contributed by atoms with E-state index in [9.17, 15) is 13.2 Å². The Morgan fingerprint density at radius 2 is 1.44 bits per heavy atom. The molecule has 4 rings (SSSR count). The van der Waals surface area contributed by atoms with Gasteiger partial charge in [0.1, 0.15) is 5.75 Å². The summed E-state index contributed by atoms with van der Waals surface area (Å²) in [6, 6.07) is 5.30. The summed E-state index contributed by atoms with van der Waals surface area (Å²) in [4.78, 5) is 22.9. The molecule has 0 bridgehead atoms. The third-order valence-electron chi connectivity index (χ3n) is 9.26. The fourth-order valence-electron chi connectivity index (χ4n) is 6.77. The van der Waals surface area contributed by atoms with E-state index in [1.54, 1.807) is 40.1 Å². The predicted octanol–water partition coefficient (Wildman–Crippen LogP) is 2.41. The molecule has 0 aliphatic carbocycles. The van der Waals surface area contributed by atoms with Crippen LogP contribution in [0.15, 0.2) is 17.0 Å². The number of hydrogen-bond donors (Lipinski definition) is 0. The number of carbonyl (C=O) groups excluding carboxylic acids is 1. The molecule has 3 saturated heterocycles. The highest BCUT2D eigenvalue weighted by Gasteiger charge is 2.35. The van der Waals surface area contributed by atoms with Crippen LogP contribution in [0.3, 0.4) is 0 Å². The topological polar surface area (TPSA) is 76.6 Å². The summed E-state index contributed by atoms with van der Waals surface area (Å²) in [6.45, 7) is 9.87. The highest BCUT2D eigenvalue weighted by Crippen LogP contribution is 2.29. The van der Waals surface area contributed by atoms with Crippen molar-refractivity contribution in [1.82, 2.24) is 23.9 Å². The van der Waals surface area contributed by atoms with Crippen LogP contribution in [0.5, 0.6) is 5.75 Å². The number of sulfonamides is 1. The standard InChI is InChI=1S/C29H49N5O4S/c1-22-19-27(38-6)20-23(2)29(22)39(36,37)31(5)13-12-28(35)34-18-11-26(21-34)33-16-9-25(10-17-33)32-14-7-24(8-15-32)30(3)4/h19-20,24-26H,7-18,21H2,1-6H3. The molecular formula is C29H49N5O4S. The molecule has 220 valence electrons. The van der Waals surface area contributed by atoms with Crippen LogP contribution >= 0.6 is 0 Å². The van der Waals surface area contributed by atoms with E-state index >= 15 is 0 Å². The van der Waals surface area contributed by atoms with E-state index in [0.29, 0.717) is 33.9 Å². The molecular weight excluding hydrogens is 514 g/mol. The lowest BCUT2D eigenvalue weighted by molar-refractivity contribution is -0.130. The monoisotopic (exact) mass is 563 g/mol. The van der Waals surface area contributed by atoms with Gasteiger partial charge in [-0.25, -0.2) is 12.7 Å². The first-order chi connectivity index (χ1) is 18.5. The summed E-state index contributed by atoms with van der Waals surface area (Å²) in [7, 11) is 3.82. The lowest BCUT2D eigenvalue weighted by Gasteiger charge is -2.44. The SMILES string of the molecule is COc1cc(C)c(S(=O)(=O)N(C)CCC(=O)N2CCC(N3CCC(N4CCC(N(C)C)CC4)CC3)C2)c(C)c1. The van der Waals surface area contributed by atoms with Gasteiger partial charge in [-0.1, -0.05) is 0 Å². The third kappa shape index (κ3) is 6.96. The second kappa shape index (κ2) is 12.9. The molecule has 0 radical (unpaired) electrons. The molecule has 1 amide bonds. The number of methoxy groups -OCH3 is 1. The quantitative estimate of drug-likeness (QED) is 0.457. The van der Waals surface area contributed by atoms with Crippen LogP contribution in [-0.2, 0) is 14.8 Å². The lowest BCUT2D eigenvalue weighted by atomic mass is 9.96. The molecule has 39 heavy (non-hydrogen) atoms. The van der Waals surface area contributed by atoms with Gasteiger partial charge in [0.15, 0.2) is 0 Å². The van der Waals surface area contributed by atoms with Crippen LogP contribution < -0.4 is 4.74 Å². The number of rotatable bonds is 9. The van der Waals surface area contributed by atoms with Gasteiger partial charge in [-0.15, -0.1) is 0 Å². The van der Waals surface area contributed by atoms with Crippen molar-refractivity contribution < 1.29 is 17.9 Å². The van der Waals surface area contributed by atoms with E-state index in [1.165, 1.54) is 43.1 Å². The fourth-order valence-corrected chi connectivity index (χ4v) is 8.35. The number of aryl methyl sites for hydroxylation is 2. The van der Waals surface area contributed by atoms with E-state index < -0.39 is 10.0 Å². The second-order valence-electron chi connectivity index (χ2n) is 11.9. The van der Waals surface area contributed by atoms with Crippen molar-refractivity contribution >= 4 is 15.9 Å². The first kappa shape index (κ1) is 30.2. The van der Waals surface area contributed by atoms with Crippen molar-refractivity contribution in [2.24, 2.45) is 0 Å². The molecule has 3 aliphatic heterocycles. The van der Waals surface area contributed by atoms with Gasteiger partial charge in [0, 0.05) is 51.2 Å². The Hall–Kier alpha value is -1.72. The van der Waals surface area contributed by atoms with Crippen LogP contribution in [0.2, 0.25) is 0 Å². The van der Waals surface area contributed by atoms with E-state index in [0.717, 1.165) is 38.6 Å². The molecule has 0 aromatic heterocycles. The minimum Gasteiger partial charge on any atom is -0.497 e. The summed E-state index contributed by atoms with van der Waals surface area (Å²) in [5.74, 6) is 0.681. The Morgan fingerprint density at radius 1 is 0.897 bits per heavy atom. The molecule has 3 fully saturated rings. The first-order valence-corrected chi connectivity index (χ1v) is 16.0. The summed E-state index contributed by atoms with van der Waals surface area (Å²) in [5.41, 5.74) is 1.29. The highest BCUT2D eigenvalue weighted by molar-refractivity contribution is 7.89. The Morgan fingerprint density at radius 3 is 2.00 bits per heavy atom. The van der Waals surface area contributed by atoms with Crippen LogP contribution in [0.4, 0.5) is 0 Å². The number of ether oxygens (including phenoxy) is 1. The zero-order valence-electron chi connectivity index (χ0n) is 24.9. The highest BCUT2D eigenvalue weighted by atomic mass is 32.2. The number of nitrogens with zero attached hydrogens (tertiary/aromatic N) is 5. The average Bonchev–Trinajstić information content (AvgIpc) is 3.41. The molecule has 1 unspecified atom stereocenters. The molecule has 3 heterocycles. The maximum atomic E-state index is 13.3. The lowest BCUT2D eigenvalue weighted by Crippen LogP contribution is -2.52. The van der Waals surface area contributed by atoms with Crippen LogP contribution in [0, 0.1) is 13.8 Å². The van der Waals surface area contributed by atoms with Gasteiger partial charge in [0.25, 0.3) is 0 Å². The summed E-state index contributed by atoms with van der Waals surface area (Å²) in [5, 5.41) is 0. The van der Waals surface area contributed by atoms with Crippen molar-refractivity contribution in [3.8, 4) is 5.75 Å². The summed E-state index contributed by atoms with van der Waals surface area (Å²) >= 11 is 0. The number of likely N-dealkylation sites (tertiary alicyclic amines) is 3. The molecule has 0 saturated carbocycles. The van der Waals surface area contributed by atoms with Crippen LogP contribution in [0.1, 0.15) is 49.7 Å². The Labute approximate surface area is 236 Å². The minimum atomic E-state index is -3.70. The van der Waals surface area contributed by atoms with Gasteiger partial charge < -0.3 is 19.4 Å². The van der Waals surface area contributed by atoms with Gasteiger partial charge in [-0.3, -0.25) is 9.69 Å². The van der Waals surface area contributed by atoms with Gasteiger partial charge in [-0.2, -0.15) is 0 Å².